The number of thiazole rings is 1. The van der Waals surface area contributed by atoms with E-state index in [1.54, 1.807) is 28.7 Å². The molecule has 2 unspecified atom stereocenters. The van der Waals surface area contributed by atoms with Gasteiger partial charge in [0.25, 0.3) is 5.91 Å². The lowest BCUT2D eigenvalue weighted by Crippen LogP contribution is -2.28. The van der Waals surface area contributed by atoms with Crippen LogP contribution in [0.2, 0.25) is 10.0 Å². The summed E-state index contributed by atoms with van der Waals surface area (Å²) < 4.78 is 17.6. The number of fused-ring (bicyclic) bond motifs is 3. The fraction of sp³-hybridized carbons (Fsp3) is 0.333. The molecule has 2 N–H and O–H groups in total. The molecule has 220 valence electrons. The van der Waals surface area contributed by atoms with Gasteiger partial charge in [0.15, 0.2) is 11.2 Å². The van der Waals surface area contributed by atoms with E-state index in [0.29, 0.717) is 49.3 Å². The van der Waals surface area contributed by atoms with Crippen LogP contribution in [0.5, 0.6) is 0 Å². The Morgan fingerprint density at radius 3 is 2.65 bits per heavy atom. The van der Waals surface area contributed by atoms with Crippen LogP contribution in [0.15, 0.2) is 54.4 Å². The highest BCUT2D eigenvalue weighted by Gasteiger charge is 2.37. The summed E-state index contributed by atoms with van der Waals surface area (Å²) in [6, 6.07) is 9.25. The first kappa shape index (κ1) is 27.1. The molecule has 13 heteroatoms. The Kier molecular flexibility index (Phi) is 6.66. The second kappa shape index (κ2) is 10.6. The van der Waals surface area contributed by atoms with Crippen molar-refractivity contribution in [3.8, 4) is 11.1 Å². The van der Waals surface area contributed by atoms with Crippen molar-refractivity contribution in [2.75, 3.05) is 36.4 Å². The number of amides is 1. The SMILES string of the molecule is O=C(Nc1nccs1)C(c1ncn2c1CC(F)C2)n1cc2c(Cl)cc(-c3ccc(N4C[C@H]5CNC[C@H]5C4)cc3)c(Cl)c2n1. The van der Waals surface area contributed by atoms with Gasteiger partial charge in [0.1, 0.15) is 11.7 Å². The molecule has 43 heavy (non-hydrogen) atoms. The molecule has 8 rings (SSSR count). The van der Waals surface area contributed by atoms with Crippen molar-refractivity contribution in [3.05, 3.63) is 75.9 Å². The molecule has 0 saturated carbocycles. The van der Waals surface area contributed by atoms with Crippen LogP contribution >= 0.6 is 34.5 Å². The Morgan fingerprint density at radius 2 is 1.91 bits per heavy atom. The molecule has 5 aromatic rings. The molecule has 3 aliphatic heterocycles. The lowest BCUT2D eigenvalue weighted by Gasteiger charge is -2.20. The Hall–Kier alpha value is -3.51. The highest BCUT2D eigenvalue weighted by atomic mass is 35.5. The summed E-state index contributed by atoms with van der Waals surface area (Å²) in [5.41, 5.74) is 4.45. The van der Waals surface area contributed by atoms with Gasteiger partial charge in [-0.3, -0.25) is 14.8 Å². The van der Waals surface area contributed by atoms with Crippen LogP contribution in [-0.2, 0) is 17.8 Å². The largest absolute Gasteiger partial charge is 0.371 e. The van der Waals surface area contributed by atoms with Crippen LogP contribution in [0.1, 0.15) is 17.4 Å². The summed E-state index contributed by atoms with van der Waals surface area (Å²) in [5.74, 6) is 1.02. The summed E-state index contributed by atoms with van der Waals surface area (Å²) in [5, 5.41) is 14.9. The quantitative estimate of drug-likeness (QED) is 0.258. The fourth-order valence-electron chi connectivity index (χ4n) is 6.73. The van der Waals surface area contributed by atoms with Crippen LogP contribution < -0.4 is 15.5 Å². The van der Waals surface area contributed by atoms with Gasteiger partial charge in [0, 0.05) is 72.7 Å². The molecule has 0 bridgehead atoms. The highest BCUT2D eigenvalue weighted by molar-refractivity contribution is 7.13. The third-order valence-corrected chi connectivity index (χ3v) is 10.2. The van der Waals surface area contributed by atoms with E-state index in [2.05, 4.69) is 49.8 Å². The van der Waals surface area contributed by atoms with E-state index in [4.69, 9.17) is 28.3 Å². The highest BCUT2D eigenvalue weighted by Crippen LogP contribution is 2.40. The number of anilines is 2. The van der Waals surface area contributed by atoms with Crippen LogP contribution in [0.3, 0.4) is 0 Å². The molecule has 3 aliphatic rings. The van der Waals surface area contributed by atoms with Crippen LogP contribution in [0.25, 0.3) is 22.0 Å². The minimum atomic E-state index is -1.03. The Balaban J connectivity index is 1.15. The van der Waals surface area contributed by atoms with Gasteiger partial charge in [-0.25, -0.2) is 14.4 Å². The number of alkyl halides is 1. The van der Waals surface area contributed by atoms with Gasteiger partial charge in [0.2, 0.25) is 0 Å². The Morgan fingerprint density at radius 1 is 1.12 bits per heavy atom. The zero-order chi connectivity index (χ0) is 29.2. The molecule has 6 heterocycles. The number of nitrogens with one attached hydrogen (secondary N) is 2. The number of imidazole rings is 1. The van der Waals surface area contributed by atoms with E-state index < -0.39 is 18.1 Å². The van der Waals surface area contributed by atoms with Crippen LogP contribution in [-0.4, -0.2) is 62.6 Å². The Bertz CT molecular complexity index is 1830. The second-order valence-electron chi connectivity index (χ2n) is 11.5. The van der Waals surface area contributed by atoms with Gasteiger partial charge >= 0.3 is 0 Å². The lowest BCUT2D eigenvalue weighted by molar-refractivity contribution is -0.118. The zero-order valence-corrected chi connectivity index (χ0v) is 25.2. The van der Waals surface area contributed by atoms with Crippen molar-refractivity contribution in [1.82, 2.24) is 29.6 Å². The van der Waals surface area contributed by atoms with Gasteiger partial charge in [-0.05, 0) is 35.6 Å². The third-order valence-electron chi connectivity index (χ3n) is 8.86. The molecular formula is C30H27Cl2FN8OS. The normalized spacial score (nSPS) is 21.8. The lowest BCUT2D eigenvalue weighted by atomic mass is 10.0. The van der Waals surface area contributed by atoms with Gasteiger partial charge < -0.3 is 14.8 Å². The smallest absolute Gasteiger partial charge is 0.257 e. The monoisotopic (exact) mass is 636 g/mol. The van der Waals surface area contributed by atoms with E-state index >= 15 is 0 Å². The number of carbonyl (C=O) groups excluding carboxylic acids is 1. The molecular weight excluding hydrogens is 610 g/mol. The van der Waals surface area contributed by atoms with Gasteiger partial charge in [-0.15, -0.1) is 11.3 Å². The number of hydrogen-bond donors (Lipinski definition) is 2. The summed E-state index contributed by atoms with van der Waals surface area (Å²) in [6.07, 6.45) is 4.03. The van der Waals surface area contributed by atoms with Crippen molar-refractivity contribution in [2.24, 2.45) is 11.8 Å². The number of carbonyl (C=O) groups is 1. The number of nitrogens with zero attached hydrogens (tertiary/aromatic N) is 6. The minimum Gasteiger partial charge on any atom is -0.371 e. The van der Waals surface area contributed by atoms with E-state index in [-0.39, 0.29) is 13.0 Å². The predicted molar refractivity (Wildman–Crippen MR) is 167 cm³/mol. The molecule has 2 fully saturated rings. The third kappa shape index (κ3) is 4.69. The zero-order valence-electron chi connectivity index (χ0n) is 22.9. The molecule has 9 nitrogen and oxygen atoms in total. The first-order valence-corrected chi connectivity index (χ1v) is 15.9. The van der Waals surface area contributed by atoms with E-state index in [1.165, 1.54) is 21.7 Å². The summed E-state index contributed by atoms with van der Waals surface area (Å²) >= 11 is 15.1. The number of halogens is 3. The van der Waals surface area contributed by atoms with E-state index in [1.807, 2.05) is 6.07 Å². The number of hydrogen-bond acceptors (Lipinski definition) is 7. The van der Waals surface area contributed by atoms with E-state index in [0.717, 1.165) is 37.3 Å². The predicted octanol–water partition coefficient (Wildman–Crippen LogP) is 5.44. The first-order valence-electron chi connectivity index (χ1n) is 14.2. The molecule has 0 radical (unpaired) electrons. The topological polar surface area (TPSA) is 92.9 Å². The Labute approximate surface area is 260 Å². The van der Waals surface area contributed by atoms with Crippen molar-refractivity contribution in [3.63, 3.8) is 0 Å². The average molecular weight is 638 g/mol. The standard InChI is InChI=1S/C30H27Cl2FN8OS/c31-23-8-21(16-1-3-20(4-2-16)39-11-17-9-34-10-18(17)12-39)25(32)26-22(23)14-41(38-26)28(29(42)37-30-35-5-6-43-30)27-24-7-19(33)13-40(24)15-36-27/h1-6,8,14-15,17-19,28,34H,7,9-13H2,(H,35,37,42)/t17-,18+,19?,28?. The molecule has 1 amide bonds. The van der Waals surface area contributed by atoms with Gasteiger partial charge in [0.05, 0.1) is 28.6 Å². The van der Waals surface area contributed by atoms with Gasteiger partial charge in [-0.1, -0.05) is 35.3 Å². The number of rotatable bonds is 6. The number of benzene rings is 2. The summed E-state index contributed by atoms with van der Waals surface area (Å²) in [7, 11) is 0. The maximum absolute atomic E-state index is 14.3. The maximum atomic E-state index is 14.3. The molecule has 2 saturated heterocycles. The van der Waals surface area contributed by atoms with Crippen molar-refractivity contribution >= 4 is 62.2 Å². The second-order valence-corrected chi connectivity index (χ2v) is 13.2. The first-order chi connectivity index (χ1) is 20.9. The average Bonchev–Trinajstić information content (AvgIpc) is 3.82. The van der Waals surface area contributed by atoms with Crippen molar-refractivity contribution < 1.29 is 9.18 Å². The molecule has 0 spiro atoms. The fourth-order valence-corrected chi connectivity index (χ4v) is 7.81. The van der Waals surface area contributed by atoms with Crippen molar-refractivity contribution in [2.45, 2.75) is 25.2 Å². The molecule has 4 atom stereocenters. The molecule has 0 aliphatic carbocycles. The minimum absolute atomic E-state index is 0.175. The van der Waals surface area contributed by atoms with Crippen LogP contribution in [0.4, 0.5) is 15.2 Å². The molecule has 2 aromatic carbocycles. The summed E-state index contributed by atoms with van der Waals surface area (Å²) in [4.78, 5) is 24.9. The number of aromatic nitrogens is 5. The van der Waals surface area contributed by atoms with E-state index in [9.17, 15) is 9.18 Å². The molecule has 3 aromatic heterocycles. The van der Waals surface area contributed by atoms with Crippen molar-refractivity contribution in [1.29, 1.82) is 0 Å². The van der Waals surface area contributed by atoms with Gasteiger partial charge in [-0.2, -0.15) is 5.10 Å². The van der Waals surface area contributed by atoms with Crippen LogP contribution in [0, 0.1) is 11.8 Å². The summed E-state index contributed by atoms with van der Waals surface area (Å²) in [6.45, 7) is 4.52. The maximum Gasteiger partial charge on any atom is 0.257 e.